The second-order valence-electron chi connectivity index (χ2n) is 4.09. The van der Waals surface area contributed by atoms with Crippen molar-refractivity contribution in [1.82, 2.24) is 0 Å². The van der Waals surface area contributed by atoms with Gasteiger partial charge in [0.2, 0.25) is 0 Å². The van der Waals surface area contributed by atoms with Gasteiger partial charge >= 0.3 is 0 Å². The molecular weight excluding hydrogens is 344 g/mol. The van der Waals surface area contributed by atoms with Gasteiger partial charge in [0.25, 0.3) is 5.69 Å². The molecule has 2 rings (SSSR count). The maximum Gasteiger partial charge on any atom is 0.269 e. The summed E-state index contributed by atoms with van der Waals surface area (Å²) in [5, 5.41) is 10.6. The van der Waals surface area contributed by atoms with Gasteiger partial charge in [0.1, 0.15) is 0 Å². The van der Waals surface area contributed by atoms with Crippen LogP contribution in [-0.2, 0) is 16.6 Å². The first-order valence-electron chi connectivity index (χ1n) is 5.64. The number of halogens is 1. The Morgan fingerprint density at radius 1 is 1.20 bits per heavy atom. The van der Waals surface area contributed by atoms with Gasteiger partial charge in [0, 0.05) is 27.2 Å². The van der Waals surface area contributed by atoms with E-state index >= 15 is 0 Å². The largest absolute Gasteiger partial charge is 0.399 e. The lowest BCUT2D eigenvalue weighted by molar-refractivity contribution is -0.384. The SMILES string of the molecule is Nc1ccc(CS(=O)c2ccc([N+](=O)[O-])cc2)c(Br)c1. The van der Waals surface area contributed by atoms with Crippen LogP contribution in [0.5, 0.6) is 0 Å². The van der Waals surface area contributed by atoms with Crippen LogP contribution in [0.3, 0.4) is 0 Å². The van der Waals surface area contributed by atoms with Crippen molar-refractivity contribution in [3.8, 4) is 0 Å². The third-order valence-electron chi connectivity index (χ3n) is 2.67. The second-order valence-corrected chi connectivity index (χ2v) is 6.40. The van der Waals surface area contributed by atoms with Crippen molar-refractivity contribution in [3.63, 3.8) is 0 Å². The van der Waals surface area contributed by atoms with Crippen molar-refractivity contribution in [2.75, 3.05) is 5.73 Å². The van der Waals surface area contributed by atoms with Crippen LogP contribution >= 0.6 is 15.9 Å². The highest BCUT2D eigenvalue weighted by Crippen LogP contribution is 2.23. The first kappa shape index (κ1) is 14.7. The maximum atomic E-state index is 12.2. The summed E-state index contributed by atoms with van der Waals surface area (Å²) < 4.78 is 13.0. The zero-order valence-corrected chi connectivity index (χ0v) is 12.7. The van der Waals surface area contributed by atoms with Crippen LogP contribution in [-0.4, -0.2) is 9.13 Å². The van der Waals surface area contributed by atoms with Crippen LogP contribution in [0, 0.1) is 10.1 Å². The first-order chi connectivity index (χ1) is 9.47. The molecular formula is C13H11BrN2O3S. The Morgan fingerprint density at radius 2 is 1.85 bits per heavy atom. The molecule has 2 aromatic rings. The van der Waals surface area contributed by atoms with E-state index in [1.54, 1.807) is 12.1 Å². The van der Waals surface area contributed by atoms with Gasteiger partial charge in [-0.2, -0.15) is 0 Å². The molecule has 0 amide bonds. The molecule has 0 aliphatic carbocycles. The predicted molar refractivity (Wildman–Crippen MR) is 81.8 cm³/mol. The summed E-state index contributed by atoms with van der Waals surface area (Å²) in [5.41, 5.74) is 7.13. The number of nitro benzene ring substituents is 1. The summed E-state index contributed by atoms with van der Waals surface area (Å²) in [6.07, 6.45) is 0. The molecule has 5 nitrogen and oxygen atoms in total. The summed E-state index contributed by atoms with van der Waals surface area (Å²) in [7, 11) is -1.27. The molecule has 2 aromatic carbocycles. The fourth-order valence-electron chi connectivity index (χ4n) is 1.62. The smallest absolute Gasteiger partial charge is 0.269 e. The molecule has 0 saturated carbocycles. The van der Waals surface area contributed by atoms with Gasteiger partial charge in [0.15, 0.2) is 0 Å². The van der Waals surface area contributed by atoms with Crippen molar-refractivity contribution in [2.24, 2.45) is 0 Å². The number of nitrogens with two attached hydrogens (primary N) is 1. The number of nitrogens with zero attached hydrogens (tertiary/aromatic N) is 1. The topological polar surface area (TPSA) is 86.2 Å². The lowest BCUT2D eigenvalue weighted by Gasteiger charge is -2.06. The summed E-state index contributed by atoms with van der Waals surface area (Å²) in [6, 6.07) is 11.0. The highest BCUT2D eigenvalue weighted by molar-refractivity contribution is 9.10. The molecule has 0 aliphatic heterocycles. The van der Waals surface area contributed by atoms with Crippen LogP contribution in [0.25, 0.3) is 0 Å². The van der Waals surface area contributed by atoms with Crippen molar-refractivity contribution >= 4 is 38.1 Å². The van der Waals surface area contributed by atoms with Gasteiger partial charge in [-0.05, 0) is 29.8 Å². The number of nitrogen functional groups attached to an aromatic ring is 1. The summed E-state index contributed by atoms with van der Waals surface area (Å²) in [5.74, 6) is 0.318. The van der Waals surface area contributed by atoms with Gasteiger partial charge in [0.05, 0.1) is 21.5 Å². The Balaban J connectivity index is 2.17. The molecule has 104 valence electrons. The molecule has 0 spiro atoms. The number of non-ortho nitro benzene ring substituents is 1. The van der Waals surface area contributed by atoms with E-state index < -0.39 is 15.7 Å². The van der Waals surface area contributed by atoms with E-state index in [4.69, 9.17) is 5.73 Å². The van der Waals surface area contributed by atoms with Gasteiger partial charge in [-0.1, -0.05) is 22.0 Å². The van der Waals surface area contributed by atoms with Crippen LogP contribution in [0.2, 0.25) is 0 Å². The number of nitro groups is 1. The molecule has 0 fully saturated rings. The van der Waals surface area contributed by atoms with Gasteiger partial charge in [-0.15, -0.1) is 0 Å². The van der Waals surface area contributed by atoms with Gasteiger partial charge in [-0.3, -0.25) is 14.3 Å². The van der Waals surface area contributed by atoms with E-state index in [-0.39, 0.29) is 5.69 Å². The molecule has 0 bridgehead atoms. The number of hydrogen-bond acceptors (Lipinski definition) is 4. The van der Waals surface area contributed by atoms with E-state index in [1.807, 2.05) is 6.07 Å². The molecule has 0 saturated heterocycles. The number of anilines is 1. The Morgan fingerprint density at radius 3 is 2.40 bits per heavy atom. The number of benzene rings is 2. The maximum absolute atomic E-state index is 12.2. The van der Waals surface area contributed by atoms with Crippen LogP contribution in [0.4, 0.5) is 11.4 Å². The summed E-state index contributed by atoms with van der Waals surface area (Å²) in [4.78, 5) is 10.6. The van der Waals surface area contributed by atoms with Crippen molar-refractivity contribution < 1.29 is 9.13 Å². The minimum absolute atomic E-state index is 0.0144. The van der Waals surface area contributed by atoms with Crippen LogP contribution in [0.1, 0.15) is 5.56 Å². The minimum atomic E-state index is -1.27. The first-order valence-corrected chi connectivity index (χ1v) is 7.75. The molecule has 0 heterocycles. The third-order valence-corrected chi connectivity index (χ3v) is 4.78. The van der Waals surface area contributed by atoms with Crippen molar-refractivity contribution in [2.45, 2.75) is 10.6 Å². The highest BCUT2D eigenvalue weighted by Gasteiger charge is 2.10. The molecule has 7 heteroatoms. The normalized spacial score (nSPS) is 12.1. The van der Waals surface area contributed by atoms with Crippen molar-refractivity contribution in [3.05, 3.63) is 62.6 Å². The van der Waals surface area contributed by atoms with Gasteiger partial charge in [-0.25, -0.2) is 0 Å². The Bertz CT molecular complexity index is 674. The number of rotatable bonds is 4. The zero-order chi connectivity index (χ0) is 14.7. The average Bonchev–Trinajstić information content (AvgIpc) is 2.42. The van der Waals surface area contributed by atoms with Crippen LogP contribution in [0.15, 0.2) is 51.8 Å². The average molecular weight is 355 g/mol. The zero-order valence-electron chi connectivity index (χ0n) is 10.3. The molecule has 20 heavy (non-hydrogen) atoms. The second kappa shape index (κ2) is 6.15. The fraction of sp³-hybridized carbons (Fsp3) is 0.0769. The third kappa shape index (κ3) is 3.43. The quantitative estimate of drug-likeness (QED) is 0.518. The highest BCUT2D eigenvalue weighted by atomic mass is 79.9. The minimum Gasteiger partial charge on any atom is -0.399 e. The lowest BCUT2D eigenvalue weighted by Crippen LogP contribution is -1.98. The fourth-order valence-corrected chi connectivity index (χ4v) is 3.49. The Kier molecular flexibility index (Phi) is 4.51. The molecule has 0 aliphatic rings. The molecule has 1 unspecified atom stereocenters. The molecule has 2 N–H and O–H groups in total. The van der Waals surface area contributed by atoms with E-state index in [9.17, 15) is 14.3 Å². The monoisotopic (exact) mass is 354 g/mol. The molecule has 0 radical (unpaired) electrons. The van der Waals surface area contributed by atoms with Gasteiger partial charge < -0.3 is 5.73 Å². The summed E-state index contributed by atoms with van der Waals surface area (Å²) >= 11 is 3.38. The Labute approximate surface area is 126 Å². The van der Waals surface area contributed by atoms with E-state index in [2.05, 4.69) is 15.9 Å². The predicted octanol–water partition coefficient (Wildman–Crippen LogP) is 3.25. The number of hydrogen-bond donors (Lipinski definition) is 1. The standard InChI is InChI=1S/C13H11BrN2O3S/c14-13-7-10(15)2-1-9(13)8-20(19)12-5-3-11(4-6-12)16(17)18/h1-7H,8,15H2. The van der Waals surface area contributed by atoms with Crippen molar-refractivity contribution in [1.29, 1.82) is 0 Å². The van der Waals surface area contributed by atoms with E-state index in [1.165, 1.54) is 24.3 Å². The van der Waals surface area contributed by atoms with E-state index in [0.29, 0.717) is 16.3 Å². The van der Waals surface area contributed by atoms with Crippen LogP contribution < -0.4 is 5.73 Å². The van der Waals surface area contributed by atoms with E-state index in [0.717, 1.165) is 10.0 Å². The lowest BCUT2D eigenvalue weighted by atomic mass is 10.2. The Hall–Kier alpha value is -1.73. The molecule has 0 aromatic heterocycles. The molecule has 1 atom stereocenters. The summed E-state index contributed by atoms with van der Waals surface area (Å²) in [6.45, 7) is 0.